The van der Waals surface area contributed by atoms with Gasteiger partial charge in [0.15, 0.2) is 5.13 Å². The van der Waals surface area contributed by atoms with Crippen LogP contribution in [0.5, 0.6) is 5.75 Å². The van der Waals surface area contributed by atoms with Gasteiger partial charge >= 0.3 is 6.18 Å². The van der Waals surface area contributed by atoms with Crippen LogP contribution in [0.3, 0.4) is 0 Å². The zero-order valence-electron chi connectivity index (χ0n) is 24.2. The molecule has 0 saturated carbocycles. The summed E-state index contributed by atoms with van der Waals surface area (Å²) in [5.41, 5.74) is 3.30. The Kier molecular flexibility index (Phi) is 8.44. The normalized spacial score (nSPS) is 17.1. The molecule has 0 aliphatic carbocycles. The molecule has 0 fully saturated rings. The summed E-state index contributed by atoms with van der Waals surface area (Å²) >= 11 is 7.13. The second-order valence-electron chi connectivity index (χ2n) is 11.6. The molecule has 5 N–H and O–H groups in total. The number of nitrogens with zero attached hydrogens (tertiary/aromatic N) is 2. The second kappa shape index (κ2) is 11.7. The van der Waals surface area contributed by atoms with Gasteiger partial charge < -0.3 is 26.2 Å². The predicted molar refractivity (Wildman–Crippen MR) is 162 cm³/mol. The van der Waals surface area contributed by atoms with Crippen molar-refractivity contribution in [2.24, 2.45) is 0 Å². The van der Waals surface area contributed by atoms with E-state index in [4.69, 9.17) is 22.1 Å². The Labute approximate surface area is 263 Å². The minimum absolute atomic E-state index is 0.0319. The van der Waals surface area contributed by atoms with Crippen molar-refractivity contribution in [3.63, 3.8) is 0 Å². The maximum atomic E-state index is 14.7. The van der Waals surface area contributed by atoms with Crippen LogP contribution in [0.15, 0.2) is 42.5 Å². The van der Waals surface area contributed by atoms with Gasteiger partial charge in [-0.25, -0.2) is 14.4 Å². The Morgan fingerprint density at radius 2 is 1.89 bits per heavy atom. The van der Waals surface area contributed by atoms with Crippen LogP contribution in [0.4, 0.5) is 22.7 Å². The molecule has 0 saturated heterocycles. The van der Waals surface area contributed by atoms with Gasteiger partial charge in [0.1, 0.15) is 35.2 Å². The number of halogens is 5. The van der Waals surface area contributed by atoms with Crippen LogP contribution in [0, 0.1) is 5.82 Å². The van der Waals surface area contributed by atoms with Crippen LogP contribution in [-0.2, 0) is 10.2 Å². The molecule has 1 aliphatic heterocycles. The Bertz CT molecular complexity index is 1810. The van der Waals surface area contributed by atoms with E-state index >= 15 is 0 Å². The van der Waals surface area contributed by atoms with Crippen molar-refractivity contribution < 1.29 is 37.0 Å². The number of nitrogen functional groups attached to an aromatic ring is 1. The quantitative estimate of drug-likeness (QED) is 0.186. The number of pyridine rings is 1. The molecule has 0 bridgehead atoms. The number of amides is 2. The van der Waals surface area contributed by atoms with Gasteiger partial charge in [0.25, 0.3) is 5.91 Å². The molecule has 1 unspecified atom stereocenters. The van der Waals surface area contributed by atoms with Crippen LogP contribution in [0.25, 0.3) is 21.5 Å². The lowest BCUT2D eigenvalue weighted by atomic mass is 9.82. The molecule has 9 nitrogen and oxygen atoms in total. The lowest BCUT2D eigenvalue weighted by Gasteiger charge is -2.26. The molecule has 2 amide bonds. The number of alkyl halides is 3. The van der Waals surface area contributed by atoms with Gasteiger partial charge in [-0.3, -0.25) is 9.59 Å². The average Bonchev–Trinajstić information content (AvgIpc) is 3.50. The number of carbonyl (C=O) groups excluding carboxylic acids is 2. The van der Waals surface area contributed by atoms with E-state index in [-0.39, 0.29) is 51.4 Å². The highest BCUT2D eigenvalue weighted by Crippen LogP contribution is 2.47. The highest BCUT2D eigenvalue weighted by atomic mass is 35.5. The number of nitrogens with two attached hydrogens (primary N) is 1. The summed E-state index contributed by atoms with van der Waals surface area (Å²) in [5, 5.41) is 15.1. The summed E-state index contributed by atoms with van der Waals surface area (Å²) in [4.78, 5) is 34.7. The van der Waals surface area contributed by atoms with E-state index in [9.17, 15) is 32.3 Å². The Morgan fingerprint density at radius 3 is 2.56 bits per heavy atom. The molecule has 0 radical (unpaired) electrons. The standard InChI is InChI=1S/C30H28ClF4N5O4S/c1-28(2,43)12-38-26(42)29(3)13-44-24-16(29)10-21(39-23(24)14-4-6-19(32)18(31)8-14)17(30(33,34)35)11-37-25(41)15-5-7-20-22(9-15)45-27(36)40-20/h4-10,17,43H,11-13H2,1-3H3,(H2,36,40)(H,37,41)(H,38,42)/t17?,29-/m0/s1. The molecule has 0 spiro atoms. The number of hydrogen-bond donors (Lipinski definition) is 4. The van der Waals surface area contributed by atoms with Crippen LogP contribution >= 0.6 is 22.9 Å². The number of benzene rings is 2. The number of fused-ring (bicyclic) bond motifs is 2. The molecular formula is C30H28ClF4N5O4S. The smallest absolute Gasteiger partial charge is 0.398 e. The Hall–Kier alpha value is -4.01. The largest absolute Gasteiger partial charge is 0.489 e. The van der Waals surface area contributed by atoms with E-state index in [1.807, 2.05) is 0 Å². The number of rotatable bonds is 8. The summed E-state index contributed by atoms with van der Waals surface area (Å²) in [6.07, 6.45) is -4.89. The summed E-state index contributed by atoms with van der Waals surface area (Å²) in [7, 11) is 0. The van der Waals surface area contributed by atoms with Gasteiger partial charge in [-0.1, -0.05) is 22.9 Å². The van der Waals surface area contributed by atoms with Crippen molar-refractivity contribution in [2.75, 3.05) is 25.4 Å². The van der Waals surface area contributed by atoms with E-state index in [0.29, 0.717) is 10.2 Å². The zero-order valence-corrected chi connectivity index (χ0v) is 25.8. The van der Waals surface area contributed by atoms with E-state index in [1.54, 1.807) is 6.07 Å². The molecule has 238 valence electrons. The number of ether oxygens (including phenoxy) is 1. The highest BCUT2D eigenvalue weighted by Gasteiger charge is 2.48. The Morgan fingerprint density at radius 1 is 1.16 bits per heavy atom. The van der Waals surface area contributed by atoms with Crippen molar-refractivity contribution in [3.8, 4) is 17.0 Å². The van der Waals surface area contributed by atoms with Crippen molar-refractivity contribution >= 4 is 50.1 Å². The van der Waals surface area contributed by atoms with E-state index in [1.165, 1.54) is 45.0 Å². The number of anilines is 1. The minimum atomic E-state index is -4.89. The van der Waals surface area contributed by atoms with Gasteiger partial charge in [-0.2, -0.15) is 13.2 Å². The number of nitrogens with one attached hydrogen (secondary N) is 2. The molecule has 15 heteroatoms. The third kappa shape index (κ3) is 6.67. The van der Waals surface area contributed by atoms with Gasteiger partial charge in [0.05, 0.1) is 26.5 Å². The monoisotopic (exact) mass is 665 g/mol. The number of aromatic nitrogens is 2. The molecule has 4 aromatic rings. The van der Waals surface area contributed by atoms with Crippen LogP contribution in [-0.4, -0.2) is 58.4 Å². The minimum Gasteiger partial charge on any atom is -0.489 e. The maximum absolute atomic E-state index is 14.7. The first kappa shape index (κ1) is 32.4. The van der Waals surface area contributed by atoms with E-state index in [2.05, 4.69) is 20.6 Å². The second-order valence-corrected chi connectivity index (χ2v) is 13.0. The van der Waals surface area contributed by atoms with Crippen molar-refractivity contribution in [2.45, 2.75) is 43.9 Å². The summed E-state index contributed by atoms with van der Waals surface area (Å²) < 4.78 is 64.4. The lowest BCUT2D eigenvalue weighted by Crippen LogP contribution is -2.48. The van der Waals surface area contributed by atoms with Crippen LogP contribution in [0.2, 0.25) is 5.02 Å². The molecule has 2 atom stereocenters. The molecule has 3 heterocycles. The number of hydrogen-bond acceptors (Lipinski definition) is 8. The first-order valence-electron chi connectivity index (χ1n) is 13.6. The van der Waals surface area contributed by atoms with Gasteiger partial charge in [-0.15, -0.1) is 0 Å². The Balaban J connectivity index is 1.55. The van der Waals surface area contributed by atoms with Crippen molar-refractivity contribution in [1.82, 2.24) is 20.6 Å². The first-order chi connectivity index (χ1) is 21.0. The van der Waals surface area contributed by atoms with Crippen molar-refractivity contribution in [3.05, 3.63) is 70.1 Å². The summed E-state index contributed by atoms with van der Waals surface area (Å²) in [5.74, 6) is -4.39. The fraction of sp³-hybridized carbons (Fsp3) is 0.333. The molecule has 1 aliphatic rings. The fourth-order valence-corrected chi connectivity index (χ4v) is 5.82. The number of carbonyl (C=O) groups is 2. The van der Waals surface area contributed by atoms with Crippen molar-refractivity contribution in [1.29, 1.82) is 0 Å². The SMILES string of the molecule is CC(C)(O)CNC(=O)[C@@]1(C)COc2c1cc(C(CNC(=O)c1ccc3nc(N)sc3c1)C(F)(F)F)nc2-c1ccc(F)c(Cl)c1. The van der Waals surface area contributed by atoms with Gasteiger partial charge in [0, 0.05) is 29.8 Å². The fourth-order valence-electron chi connectivity index (χ4n) is 4.87. The van der Waals surface area contributed by atoms with Gasteiger partial charge in [-0.05, 0) is 63.2 Å². The highest BCUT2D eigenvalue weighted by molar-refractivity contribution is 7.22. The number of thiazole rings is 1. The maximum Gasteiger partial charge on any atom is 0.398 e. The molecule has 5 rings (SSSR count). The molecule has 2 aromatic carbocycles. The summed E-state index contributed by atoms with van der Waals surface area (Å²) in [6.45, 7) is 3.21. The first-order valence-corrected chi connectivity index (χ1v) is 14.8. The summed E-state index contributed by atoms with van der Waals surface area (Å²) in [6, 6.07) is 9.12. The lowest BCUT2D eigenvalue weighted by molar-refractivity contribution is -0.149. The van der Waals surface area contributed by atoms with E-state index in [0.717, 1.165) is 23.5 Å². The third-order valence-electron chi connectivity index (χ3n) is 7.35. The molecule has 2 aromatic heterocycles. The van der Waals surface area contributed by atoms with Crippen LogP contribution < -0.4 is 21.1 Å². The predicted octanol–water partition coefficient (Wildman–Crippen LogP) is 5.35. The van der Waals surface area contributed by atoms with Gasteiger partial charge in [0.2, 0.25) is 5.91 Å². The van der Waals surface area contributed by atoms with E-state index < -0.39 is 53.0 Å². The molecule has 45 heavy (non-hydrogen) atoms. The van der Waals surface area contributed by atoms with Crippen LogP contribution in [0.1, 0.15) is 48.3 Å². The topological polar surface area (TPSA) is 139 Å². The third-order valence-corrected chi connectivity index (χ3v) is 8.49. The zero-order chi connectivity index (χ0) is 32.9. The number of aliphatic hydroxyl groups is 1. The average molecular weight is 666 g/mol. The molecular weight excluding hydrogens is 638 g/mol.